The second-order valence-corrected chi connectivity index (χ2v) is 8.48. The molecule has 0 radical (unpaired) electrons. The average Bonchev–Trinajstić information content (AvgIpc) is 3.19. The first kappa shape index (κ1) is 17.3. The minimum atomic E-state index is 0.0532. The normalized spacial score (nSPS) is 25.3. The van der Waals surface area contributed by atoms with Gasteiger partial charge in [-0.25, -0.2) is 4.68 Å². The molecule has 0 N–H and O–H groups in total. The first-order chi connectivity index (χ1) is 12.4. The Labute approximate surface area is 156 Å². The summed E-state index contributed by atoms with van der Waals surface area (Å²) < 4.78 is 2.06. The van der Waals surface area contributed by atoms with Gasteiger partial charge in [-0.15, -0.1) is 0 Å². The minimum absolute atomic E-state index is 0.0532. The van der Waals surface area contributed by atoms with Gasteiger partial charge in [0.25, 0.3) is 5.91 Å². The summed E-state index contributed by atoms with van der Waals surface area (Å²) in [7, 11) is 0. The highest BCUT2D eigenvalue weighted by Crippen LogP contribution is 2.68. The Kier molecular flexibility index (Phi) is 3.80. The molecule has 2 bridgehead atoms. The molecule has 2 aromatic rings. The number of nitrogens with zero attached hydrogens (tertiary/aromatic N) is 3. The van der Waals surface area contributed by atoms with Crippen molar-refractivity contribution in [3.05, 3.63) is 47.3 Å². The summed E-state index contributed by atoms with van der Waals surface area (Å²) in [6.45, 7) is 12.6. The van der Waals surface area contributed by atoms with Crippen LogP contribution >= 0.6 is 0 Å². The van der Waals surface area contributed by atoms with Gasteiger partial charge in [0.05, 0.1) is 11.4 Å². The van der Waals surface area contributed by atoms with Crippen LogP contribution in [0.25, 0.3) is 5.69 Å². The van der Waals surface area contributed by atoms with Crippen molar-refractivity contribution in [2.24, 2.45) is 5.41 Å². The van der Waals surface area contributed by atoms with E-state index >= 15 is 0 Å². The zero-order valence-electron chi connectivity index (χ0n) is 16.5. The van der Waals surface area contributed by atoms with Crippen molar-refractivity contribution >= 4 is 5.91 Å². The summed E-state index contributed by atoms with van der Waals surface area (Å²) in [6.07, 6.45) is 2.31. The van der Waals surface area contributed by atoms with Crippen LogP contribution in [0.1, 0.15) is 75.1 Å². The monoisotopic (exact) mass is 351 g/mol. The van der Waals surface area contributed by atoms with Crippen LogP contribution in [-0.4, -0.2) is 33.7 Å². The van der Waals surface area contributed by atoms with E-state index in [0.717, 1.165) is 18.5 Å². The zero-order valence-corrected chi connectivity index (χ0v) is 16.5. The van der Waals surface area contributed by atoms with E-state index in [1.807, 2.05) is 36.9 Å². The lowest BCUT2D eigenvalue weighted by Gasteiger charge is -2.35. The van der Waals surface area contributed by atoms with Gasteiger partial charge in [-0.2, -0.15) is 5.10 Å². The molecule has 1 aromatic heterocycles. The zero-order chi connectivity index (χ0) is 18.7. The third-order valence-electron chi connectivity index (χ3n) is 7.27. The topological polar surface area (TPSA) is 38.1 Å². The number of rotatable bonds is 4. The van der Waals surface area contributed by atoms with Gasteiger partial charge in [-0.1, -0.05) is 39.0 Å². The molecule has 2 aliphatic rings. The summed E-state index contributed by atoms with van der Waals surface area (Å²) >= 11 is 0. The third-order valence-corrected chi connectivity index (χ3v) is 7.27. The molecule has 1 aromatic carbocycles. The highest BCUT2D eigenvalue weighted by atomic mass is 16.2. The van der Waals surface area contributed by atoms with Crippen LogP contribution in [0, 0.1) is 5.41 Å². The highest BCUT2D eigenvalue weighted by Gasteiger charge is 2.63. The highest BCUT2D eigenvalue weighted by molar-refractivity contribution is 5.95. The van der Waals surface area contributed by atoms with Gasteiger partial charge in [0.1, 0.15) is 0 Å². The molecule has 2 atom stereocenters. The molecule has 1 heterocycles. The molecule has 4 heteroatoms. The minimum Gasteiger partial charge on any atom is -0.338 e. The Bertz CT molecular complexity index is 848. The van der Waals surface area contributed by atoms with E-state index in [-0.39, 0.29) is 16.7 Å². The quantitative estimate of drug-likeness (QED) is 0.812. The van der Waals surface area contributed by atoms with Crippen LogP contribution in [0.4, 0.5) is 0 Å². The van der Waals surface area contributed by atoms with Crippen LogP contribution in [0.3, 0.4) is 0 Å². The van der Waals surface area contributed by atoms with Gasteiger partial charge in [-0.05, 0) is 50.2 Å². The van der Waals surface area contributed by atoms with Crippen LogP contribution < -0.4 is 0 Å². The Hall–Kier alpha value is -2.10. The van der Waals surface area contributed by atoms with Gasteiger partial charge < -0.3 is 4.90 Å². The van der Waals surface area contributed by atoms with Gasteiger partial charge in [0.15, 0.2) is 5.69 Å². The predicted octanol–water partition coefficient (Wildman–Crippen LogP) is 4.53. The number of aromatic nitrogens is 2. The van der Waals surface area contributed by atoms with E-state index in [1.165, 1.54) is 11.3 Å². The number of hydrogen-bond acceptors (Lipinski definition) is 2. The first-order valence-electron chi connectivity index (χ1n) is 9.85. The first-order valence-corrected chi connectivity index (χ1v) is 9.85. The Morgan fingerprint density at radius 1 is 1.19 bits per heavy atom. The number of carbonyl (C=O) groups excluding carboxylic acids is 1. The van der Waals surface area contributed by atoms with Crippen LogP contribution in [0.2, 0.25) is 0 Å². The molecule has 0 saturated heterocycles. The largest absolute Gasteiger partial charge is 0.338 e. The van der Waals surface area contributed by atoms with Gasteiger partial charge in [-0.3, -0.25) is 4.79 Å². The fourth-order valence-corrected chi connectivity index (χ4v) is 5.30. The van der Waals surface area contributed by atoms with E-state index in [1.54, 1.807) is 0 Å². The lowest BCUT2D eigenvalue weighted by Crippen LogP contribution is -2.34. The van der Waals surface area contributed by atoms with Gasteiger partial charge in [0, 0.05) is 24.1 Å². The van der Waals surface area contributed by atoms with Crippen molar-refractivity contribution < 1.29 is 4.79 Å². The summed E-state index contributed by atoms with van der Waals surface area (Å²) in [6, 6.07) is 10.3. The molecule has 138 valence electrons. The van der Waals surface area contributed by atoms with Crippen molar-refractivity contribution in [2.45, 2.75) is 58.8 Å². The van der Waals surface area contributed by atoms with E-state index in [2.05, 4.69) is 37.6 Å². The predicted molar refractivity (Wildman–Crippen MR) is 104 cm³/mol. The molecule has 2 aliphatic carbocycles. The molecule has 4 rings (SSSR count). The number of benzene rings is 1. The van der Waals surface area contributed by atoms with Gasteiger partial charge in [0.2, 0.25) is 0 Å². The number of fused-ring (bicyclic) bond motifs is 5. The molecular formula is C22H29N3O. The Morgan fingerprint density at radius 3 is 2.46 bits per heavy atom. The Balaban J connectivity index is 1.97. The second-order valence-electron chi connectivity index (χ2n) is 8.48. The Morgan fingerprint density at radius 2 is 1.85 bits per heavy atom. The van der Waals surface area contributed by atoms with Crippen LogP contribution in [0.5, 0.6) is 0 Å². The molecule has 0 unspecified atom stereocenters. The summed E-state index contributed by atoms with van der Waals surface area (Å²) in [5, 5.41) is 4.90. The number of para-hydroxylation sites is 1. The van der Waals surface area contributed by atoms with E-state index < -0.39 is 0 Å². The number of carbonyl (C=O) groups is 1. The molecule has 0 spiro atoms. The van der Waals surface area contributed by atoms with E-state index in [9.17, 15) is 4.79 Å². The summed E-state index contributed by atoms with van der Waals surface area (Å²) in [5.74, 6) is 0.488. The van der Waals surface area contributed by atoms with Crippen molar-refractivity contribution in [3.8, 4) is 5.69 Å². The molecule has 1 saturated carbocycles. The van der Waals surface area contributed by atoms with Crippen LogP contribution in [-0.2, 0) is 5.41 Å². The SMILES string of the molecule is CCN(CC)C(=O)c1nn(-c2ccccc2)c2c1[C@@H]1CC[C@@]2(C)C1(C)C. The smallest absolute Gasteiger partial charge is 0.274 e. The molecule has 1 fully saturated rings. The van der Waals surface area contributed by atoms with Crippen molar-refractivity contribution in [2.75, 3.05) is 13.1 Å². The second kappa shape index (κ2) is 5.70. The lowest BCUT2D eigenvalue weighted by molar-refractivity contribution is 0.0764. The van der Waals surface area contributed by atoms with Crippen LogP contribution in [0.15, 0.2) is 30.3 Å². The summed E-state index contributed by atoms with van der Waals surface area (Å²) in [4.78, 5) is 15.1. The molecule has 1 amide bonds. The van der Waals surface area contributed by atoms with Crippen molar-refractivity contribution in [3.63, 3.8) is 0 Å². The standard InChI is InChI=1S/C22H29N3O/c1-6-24(7-2)20(26)18-17-16-13-14-22(5,21(16,3)4)19(17)25(23-18)15-11-9-8-10-12-15/h8-12,16H,6-7,13-14H2,1-5H3/t16-,22+/m0/s1. The van der Waals surface area contributed by atoms with Gasteiger partial charge >= 0.3 is 0 Å². The fraction of sp³-hybridized carbons (Fsp3) is 0.545. The number of hydrogen-bond donors (Lipinski definition) is 0. The maximum absolute atomic E-state index is 13.3. The summed E-state index contributed by atoms with van der Waals surface area (Å²) in [5.41, 5.74) is 4.40. The number of amides is 1. The molecular weight excluding hydrogens is 322 g/mol. The maximum atomic E-state index is 13.3. The molecule has 26 heavy (non-hydrogen) atoms. The molecule has 4 nitrogen and oxygen atoms in total. The van der Waals surface area contributed by atoms with E-state index in [4.69, 9.17) is 5.10 Å². The maximum Gasteiger partial charge on any atom is 0.274 e. The van der Waals surface area contributed by atoms with Crippen molar-refractivity contribution in [1.29, 1.82) is 0 Å². The van der Waals surface area contributed by atoms with Crippen molar-refractivity contribution in [1.82, 2.24) is 14.7 Å². The fourth-order valence-electron chi connectivity index (χ4n) is 5.30. The lowest BCUT2D eigenvalue weighted by atomic mass is 9.70. The van der Waals surface area contributed by atoms with E-state index in [0.29, 0.717) is 24.7 Å². The third kappa shape index (κ3) is 2.02. The average molecular weight is 351 g/mol. The molecule has 0 aliphatic heterocycles.